The molecule has 212 valence electrons. The molecule has 0 N–H and O–H groups in total. The van der Waals surface area contributed by atoms with Crippen LogP contribution in [0.1, 0.15) is 42.6 Å². The van der Waals surface area contributed by atoms with E-state index in [9.17, 15) is 0 Å². The van der Waals surface area contributed by atoms with E-state index in [-0.39, 0.29) is 36.2 Å². The molecular formula is C38H36IO2P. The van der Waals surface area contributed by atoms with Crippen molar-refractivity contribution in [2.24, 2.45) is 5.92 Å². The molecule has 7 rings (SSSR count). The molecule has 3 atom stereocenters. The molecule has 1 saturated carbocycles. The third-order valence-electron chi connectivity index (χ3n) is 8.87. The first-order chi connectivity index (χ1) is 20.3. The predicted octanol–water partition coefficient (Wildman–Crippen LogP) is 5.01. The summed E-state index contributed by atoms with van der Waals surface area (Å²) >= 11 is 0. The lowest BCUT2D eigenvalue weighted by atomic mass is 9.99. The monoisotopic (exact) mass is 682 g/mol. The predicted molar refractivity (Wildman–Crippen MR) is 171 cm³/mol. The summed E-state index contributed by atoms with van der Waals surface area (Å²) in [6.45, 7) is 0. The van der Waals surface area contributed by atoms with Gasteiger partial charge in [-0.05, 0) is 59.9 Å². The second-order valence-corrected chi connectivity index (χ2v) is 15.0. The van der Waals surface area contributed by atoms with Crippen molar-refractivity contribution in [2.45, 2.75) is 37.3 Å². The first-order valence-electron chi connectivity index (χ1n) is 14.8. The van der Waals surface area contributed by atoms with E-state index in [0.717, 1.165) is 25.4 Å². The molecule has 1 aliphatic carbocycles. The third kappa shape index (κ3) is 5.61. The van der Waals surface area contributed by atoms with E-state index < -0.39 is 13.0 Å². The standard InChI is InChI=1S/C38H36O2P.HI/c1-6-16-31(17-7-1)36-37(32-18-8-2-9-19-32)40-38(39-36)27-26-30(28-38)29-41(33-20-10-3-11-21-33,34-22-12-4-13-23-34)35-24-14-5-15-25-35;/h1-25,30,36-37H,26-29H2;1H/q+1;/p-1/t30-,36+,37+;/m0./s1. The van der Waals surface area contributed by atoms with Crippen LogP contribution in [0.2, 0.25) is 0 Å². The average molecular weight is 683 g/mol. The van der Waals surface area contributed by atoms with Crippen molar-refractivity contribution in [2.75, 3.05) is 6.16 Å². The molecule has 0 amide bonds. The Bertz CT molecular complexity index is 1400. The molecule has 5 aromatic carbocycles. The van der Waals surface area contributed by atoms with Crippen molar-refractivity contribution < 1.29 is 33.5 Å². The van der Waals surface area contributed by atoms with Crippen molar-refractivity contribution in [3.8, 4) is 0 Å². The molecule has 42 heavy (non-hydrogen) atoms. The van der Waals surface area contributed by atoms with Crippen LogP contribution in [0.15, 0.2) is 152 Å². The molecule has 1 aliphatic heterocycles. The van der Waals surface area contributed by atoms with Gasteiger partial charge in [-0.2, -0.15) is 0 Å². The highest BCUT2D eigenvalue weighted by atomic mass is 127. The van der Waals surface area contributed by atoms with E-state index in [1.165, 1.54) is 27.0 Å². The molecule has 1 heterocycles. The van der Waals surface area contributed by atoms with Gasteiger partial charge in [0.2, 0.25) is 0 Å². The Hall–Kier alpha value is -2.82. The summed E-state index contributed by atoms with van der Waals surface area (Å²) in [5.74, 6) is -0.0827. The number of rotatable bonds is 7. The van der Waals surface area contributed by atoms with Crippen molar-refractivity contribution in [3.63, 3.8) is 0 Å². The minimum atomic E-state index is -1.92. The SMILES string of the molecule is [I-].c1ccc([C@H]2OC3(CC[C@H](C[P+](c4ccccc4)(c4ccccc4)c4ccccc4)C3)O[C@@H]2c2ccccc2)cc1. The van der Waals surface area contributed by atoms with Gasteiger partial charge in [0.25, 0.3) is 0 Å². The zero-order valence-corrected chi connectivity index (χ0v) is 26.7. The fourth-order valence-corrected chi connectivity index (χ4v) is 11.7. The molecular weight excluding hydrogens is 646 g/mol. The molecule has 1 saturated heterocycles. The Morgan fingerprint density at radius 3 is 1.26 bits per heavy atom. The Balaban J connectivity index is 0.00000316. The molecule has 0 unspecified atom stereocenters. The summed E-state index contributed by atoms with van der Waals surface area (Å²) in [4.78, 5) is 0. The van der Waals surface area contributed by atoms with Gasteiger partial charge in [-0.25, -0.2) is 0 Å². The number of hydrogen-bond acceptors (Lipinski definition) is 2. The number of benzene rings is 5. The number of halogens is 1. The molecule has 2 aliphatic rings. The Kier molecular flexibility index (Phi) is 8.93. The molecule has 2 nitrogen and oxygen atoms in total. The first kappa shape index (κ1) is 29.3. The lowest BCUT2D eigenvalue weighted by Crippen LogP contribution is -3.00. The van der Waals surface area contributed by atoms with Gasteiger partial charge in [0.05, 0.1) is 6.16 Å². The summed E-state index contributed by atoms with van der Waals surface area (Å²) in [6, 6.07) is 54.9. The van der Waals surface area contributed by atoms with E-state index in [0.29, 0.717) is 5.92 Å². The maximum absolute atomic E-state index is 7.01. The molecule has 0 radical (unpaired) electrons. The maximum atomic E-state index is 7.01. The van der Waals surface area contributed by atoms with E-state index in [1.807, 2.05) is 0 Å². The third-order valence-corrected chi connectivity index (χ3v) is 13.5. The van der Waals surface area contributed by atoms with Crippen LogP contribution in [0.25, 0.3) is 0 Å². The van der Waals surface area contributed by atoms with Crippen LogP contribution in [0.4, 0.5) is 0 Å². The van der Waals surface area contributed by atoms with Gasteiger partial charge < -0.3 is 33.5 Å². The molecule has 1 spiro atoms. The van der Waals surface area contributed by atoms with E-state index >= 15 is 0 Å². The van der Waals surface area contributed by atoms with Gasteiger partial charge in [-0.3, -0.25) is 0 Å². The Morgan fingerprint density at radius 2 is 0.881 bits per heavy atom. The van der Waals surface area contributed by atoms with Crippen LogP contribution in [0, 0.1) is 5.92 Å². The minimum Gasteiger partial charge on any atom is -1.00 e. The maximum Gasteiger partial charge on any atom is 0.170 e. The molecule has 0 bridgehead atoms. The average Bonchev–Trinajstić information content (AvgIpc) is 3.64. The Labute approximate surface area is 267 Å². The highest BCUT2D eigenvalue weighted by Gasteiger charge is 2.56. The van der Waals surface area contributed by atoms with Crippen molar-refractivity contribution in [1.29, 1.82) is 0 Å². The zero-order valence-electron chi connectivity index (χ0n) is 23.6. The highest BCUT2D eigenvalue weighted by molar-refractivity contribution is 7.95. The van der Waals surface area contributed by atoms with E-state index in [2.05, 4.69) is 152 Å². The zero-order chi connectivity index (χ0) is 27.5. The largest absolute Gasteiger partial charge is 1.00 e. The van der Waals surface area contributed by atoms with Crippen molar-refractivity contribution >= 4 is 23.2 Å². The molecule has 0 aromatic heterocycles. The summed E-state index contributed by atoms with van der Waals surface area (Å²) < 4.78 is 14.0. The van der Waals surface area contributed by atoms with Gasteiger partial charge in [0.1, 0.15) is 35.4 Å². The van der Waals surface area contributed by atoms with Crippen LogP contribution in [-0.2, 0) is 9.47 Å². The highest BCUT2D eigenvalue weighted by Crippen LogP contribution is 2.61. The van der Waals surface area contributed by atoms with Crippen LogP contribution in [0.5, 0.6) is 0 Å². The molecule has 4 heteroatoms. The lowest BCUT2D eigenvalue weighted by Gasteiger charge is -2.30. The topological polar surface area (TPSA) is 18.5 Å². The van der Waals surface area contributed by atoms with Gasteiger partial charge >= 0.3 is 0 Å². The van der Waals surface area contributed by atoms with Crippen molar-refractivity contribution in [3.05, 3.63) is 163 Å². The quantitative estimate of drug-likeness (QED) is 0.178. The first-order valence-corrected chi connectivity index (χ1v) is 16.7. The summed E-state index contributed by atoms with van der Waals surface area (Å²) in [5, 5.41) is 4.32. The minimum absolute atomic E-state index is 0. The smallest absolute Gasteiger partial charge is 0.170 e. The van der Waals surface area contributed by atoms with Gasteiger partial charge in [-0.1, -0.05) is 115 Å². The summed E-state index contributed by atoms with van der Waals surface area (Å²) in [5.41, 5.74) is 2.36. The van der Waals surface area contributed by atoms with Gasteiger partial charge in [0.15, 0.2) is 5.79 Å². The van der Waals surface area contributed by atoms with Crippen molar-refractivity contribution in [1.82, 2.24) is 0 Å². The van der Waals surface area contributed by atoms with Crippen LogP contribution >= 0.6 is 7.26 Å². The van der Waals surface area contributed by atoms with Gasteiger partial charge in [0, 0.05) is 12.8 Å². The van der Waals surface area contributed by atoms with E-state index in [1.54, 1.807) is 0 Å². The van der Waals surface area contributed by atoms with Gasteiger partial charge in [-0.15, -0.1) is 0 Å². The molecule has 5 aromatic rings. The van der Waals surface area contributed by atoms with E-state index in [4.69, 9.17) is 9.47 Å². The second kappa shape index (κ2) is 12.8. The summed E-state index contributed by atoms with van der Waals surface area (Å²) in [7, 11) is -1.92. The Morgan fingerprint density at radius 1 is 0.524 bits per heavy atom. The van der Waals surface area contributed by atoms with Crippen LogP contribution < -0.4 is 39.9 Å². The van der Waals surface area contributed by atoms with Crippen LogP contribution in [0.3, 0.4) is 0 Å². The second-order valence-electron chi connectivity index (χ2n) is 11.4. The van der Waals surface area contributed by atoms with Crippen LogP contribution in [-0.4, -0.2) is 11.9 Å². The normalized spacial score (nSPS) is 21.2. The summed E-state index contributed by atoms with van der Waals surface area (Å²) in [6.07, 6.45) is 3.79. The fourth-order valence-electron chi connectivity index (χ4n) is 7.02. The number of ether oxygens (including phenoxy) is 2. The lowest BCUT2D eigenvalue weighted by molar-refractivity contribution is -0.172. The number of hydrogen-bond donors (Lipinski definition) is 0. The fraction of sp³-hybridized carbons (Fsp3) is 0.211. The molecule has 2 fully saturated rings.